The normalized spacial score (nSPS) is 10.6. The van der Waals surface area contributed by atoms with E-state index in [1.54, 1.807) is 12.1 Å². The highest BCUT2D eigenvalue weighted by atomic mass is 35.5. The van der Waals surface area contributed by atoms with Crippen LogP contribution in [0.25, 0.3) is 0 Å². The highest BCUT2D eigenvalue weighted by Gasteiger charge is 2.10. The van der Waals surface area contributed by atoms with Gasteiger partial charge < -0.3 is 10.5 Å². The topological polar surface area (TPSA) is 35.2 Å². The van der Waals surface area contributed by atoms with Crippen molar-refractivity contribution in [2.75, 3.05) is 5.73 Å². The fraction of sp³-hybridized carbons (Fsp3) is 0.455. The van der Waals surface area contributed by atoms with Crippen LogP contribution in [0, 0.1) is 0 Å². The molecule has 0 atom stereocenters. The van der Waals surface area contributed by atoms with Gasteiger partial charge in [0, 0.05) is 0 Å². The SMILES string of the molecule is CCC(CC)Oc1c(N)cccc1Cl. The third kappa shape index (κ3) is 2.55. The summed E-state index contributed by atoms with van der Waals surface area (Å²) in [5.41, 5.74) is 6.37. The number of rotatable bonds is 4. The average Bonchev–Trinajstić information content (AvgIpc) is 2.18. The van der Waals surface area contributed by atoms with Crippen LogP contribution >= 0.6 is 11.6 Å². The number of halogens is 1. The number of hydrogen-bond acceptors (Lipinski definition) is 2. The minimum atomic E-state index is 0.192. The molecule has 0 saturated heterocycles. The maximum absolute atomic E-state index is 5.98. The predicted octanol–water partition coefficient (Wildman–Crippen LogP) is 3.49. The van der Waals surface area contributed by atoms with Crippen LogP contribution in [0.3, 0.4) is 0 Å². The van der Waals surface area contributed by atoms with Crippen LogP contribution in [0.4, 0.5) is 5.69 Å². The van der Waals surface area contributed by atoms with E-state index in [9.17, 15) is 0 Å². The second-order valence-electron chi connectivity index (χ2n) is 3.21. The van der Waals surface area contributed by atoms with Crippen molar-refractivity contribution in [2.24, 2.45) is 0 Å². The van der Waals surface area contributed by atoms with Crippen molar-refractivity contribution in [3.05, 3.63) is 23.2 Å². The van der Waals surface area contributed by atoms with Crippen molar-refractivity contribution in [1.82, 2.24) is 0 Å². The molecule has 2 N–H and O–H groups in total. The molecule has 0 saturated carbocycles. The van der Waals surface area contributed by atoms with Crippen LogP contribution < -0.4 is 10.5 Å². The van der Waals surface area contributed by atoms with Gasteiger partial charge in [0.05, 0.1) is 16.8 Å². The molecule has 0 aliphatic carbocycles. The van der Waals surface area contributed by atoms with Gasteiger partial charge in [-0.05, 0) is 25.0 Å². The van der Waals surface area contributed by atoms with E-state index in [1.165, 1.54) is 0 Å². The summed E-state index contributed by atoms with van der Waals surface area (Å²) in [5.74, 6) is 0.614. The Kier molecular flexibility index (Phi) is 4.08. The molecule has 0 aromatic heterocycles. The number of nitrogens with two attached hydrogens (primary N) is 1. The molecule has 1 aromatic rings. The Hall–Kier alpha value is -0.890. The molecule has 0 fully saturated rings. The van der Waals surface area contributed by atoms with Crippen LogP contribution in [0.5, 0.6) is 5.75 Å². The highest BCUT2D eigenvalue weighted by molar-refractivity contribution is 6.32. The van der Waals surface area contributed by atoms with Gasteiger partial charge in [0.15, 0.2) is 5.75 Å². The molecule has 14 heavy (non-hydrogen) atoms. The molecule has 0 aliphatic heterocycles. The van der Waals surface area contributed by atoms with Gasteiger partial charge in [-0.1, -0.05) is 31.5 Å². The van der Waals surface area contributed by atoms with Gasteiger partial charge in [-0.25, -0.2) is 0 Å². The first-order valence-electron chi connectivity index (χ1n) is 4.89. The number of para-hydroxylation sites is 1. The lowest BCUT2D eigenvalue weighted by molar-refractivity contribution is 0.194. The number of hydrogen-bond donors (Lipinski definition) is 1. The lowest BCUT2D eigenvalue weighted by Gasteiger charge is -2.17. The third-order valence-electron chi connectivity index (χ3n) is 2.19. The molecular formula is C11H16ClNO. The molecule has 78 valence electrons. The largest absolute Gasteiger partial charge is 0.487 e. The van der Waals surface area contributed by atoms with Crippen molar-refractivity contribution in [2.45, 2.75) is 32.8 Å². The first-order valence-corrected chi connectivity index (χ1v) is 5.27. The molecule has 2 nitrogen and oxygen atoms in total. The smallest absolute Gasteiger partial charge is 0.161 e. The van der Waals surface area contributed by atoms with E-state index in [0.717, 1.165) is 12.8 Å². The van der Waals surface area contributed by atoms with Crippen molar-refractivity contribution in [3.8, 4) is 5.75 Å². The number of benzene rings is 1. The summed E-state index contributed by atoms with van der Waals surface area (Å²) in [6.07, 6.45) is 2.11. The Morgan fingerprint density at radius 2 is 2.00 bits per heavy atom. The van der Waals surface area contributed by atoms with E-state index in [2.05, 4.69) is 13.8 Å². The van der Waals surface area contributed by atoms with E-state index < -0.39 is 0 Å². The Morgan fingerprint density at radius 3 is 2.50 bits per heavy atom. The van der Waals surface area contributed by atoms with Crippen LogP contribution in [0.1, 0.15) is 26.7 Å². The number of nitrogen functional groups attached to an aromatic ring is 1. The third-order valence-corrected chi connectivity index (χ3v) is 2.49. The molecule has 0 unspecified atom stereocenters. The second kappa shape index (κ2) is 5.11. The van der Waals surface area contributed by atoms with Crippen LogP contribution in [-0.2, 0) is 0 Å². The Bertz CT molecular complexity index is 277. The Labute approximate surface area is 90.0 Å². The first-order chi connectivity index (χ1) is 6.69. The quantitative estimate of drug-likeness (QED) is 0.778. The van der Waals surface area contributed by atoms with Crippen LogP contribution in [0.2, 0.25) is 5.02 Å². The molecule has 0 spiro atoms. The monoisotopic (exact) mass is 213 g/mol. The highest BCUT2D eigenvalue weighted by Crippen LogP contribution is 2.32. The van der Waals surface area contributed by atoms with Gasteiger partial charge in [-0.3, -0.25) is 0 Å². The van der Waals surface area contributed by atoms with E-state index in [0.29, 0.717) is 16.5 Å². The lowest BCUT2D eigenvalue weighted by atomic mass is 10.2. The fourth-order valence-corrected chi connectivity index (χ4v) is 1.50. The van der Waals surface area contributed by atoms with Gasteiger partial charge >= 0.3 is 0 Å². The molecule has 0 amide bonds. The maximum atomic E-state index is 5.98. The molecule has 0 aliphatic rings. The van der Waals surface area contributed by atoms with E-state index in [4.69, 9.17) is 22.1 Å². The summed E-state index contributed by atoms with van der Waals surface area (Å²) < 4.78 is 5.72. The average molecular weight is 214 g/mol. The van der Waals surface area contributed by atoms with Crippen molar-refractivity contribution >= 4 is 17.3 Å². The predicted molar refractivity (Wildman–Crippen MR) is 60.9 cm³/mol. The van der Waals surface area contributed by atoms with Gasteiger partial charge in [-0.15, -0.1) is 0 Å². The summed E-state index contributed by atoms with van der Waals surface area (Å²) >= 11 is 5.98. The first kappa shape index (κ1) is 11.2. The van der Waals surface area contributed by atoms with Crippen molar-refractivity contribution in [1.29, 1.82) is 0 Å². The zero-order chi connectivity index (χ0) is 10.6. The summed E-state index contributed by atoms with van der Waals surface area (Å²) in [6.45, 7) is 4.17. The lowest BCUT2D eigenvalue weighted by Crippen LogP contribution is -2.14. The molecule has 0 bridgehead atoms. The minimum absolute atomic E-state index is 0.192. The van der Waals surface area contributed by atoms with E-state index in [-0.39, 0.29) is 6.10 Å². The summed E-state index contributed by atoms with van der Waals surface area (Å²) in [6, 6.07) is 5.40. The zero-order valence-corrected chi connectivity index (χ0v) is 9.34. The number of anilines is 1. The van der Waals surface area contributed by atoms with Crippen LogP contribution in [-0.4, -0.2) is 6.10 Å². The number of ether oxygens (including phenoxy) is 1. The van der Waals surface area contributed by atoms with Gasteiger partial charge in [-0.2, -0.15) is 0 Å². The molecule has 1 rings (SSSR count). The molecular weight excluding hydrogens is 198 g/mol. The molecule has 1 aromatic carbocycles. The molecule has 0 heterocycles. The van der Waals surface area contributed by atoms with Crippen molar-refractivity contribution < 1.29 is 4.74 Å². The van der Waals surface area contributed by atoms with E-state index >= 15 is 0 Å². The van der Waals surface area contributed by atoms with Gasteiger partial charge in [0.2, 0.25) is 0 Å². The summed E-state index contributed by atoms with van der Waals surface area (Å²) in [4.78, 5) is 0. The van der Waals surface area contributed by atoms with E-state index in [1.807, 2.05) is 6.07 Å². The minimum Gasteiger partial charge on any atom is -0.487 e. The second-order valence-corrected chi connectivity index (χ2v) is 3.62. The maximum Gasteiger partial charge on any atom is 0.161 e. The fourth-order valence-electron chi connectivity index (χ4n) is 1.27. The molecule has 3 heteroatoms. The van der Waals surface area contributed by atoms with Gasteiger partial charge in [0.1, 0.15) is 0 Å². The molecule has 0 radical (unpaired) electrons. The van der Waals surface area contributed by atoms with Crippen LogP contribution in [0.15, 0.2) is 18.2 Å². The van der Waals surface area contributed by atoms with Gasteiger partial charge in [0.25, 0.3) is 0 Å². The summed E-state index contributed by atoms with van der Waals surface area (Å²) in [7, 11) is 0. The summed E-state index contributed by atoms with van der Waals surface area (Å²) in [5, 5.41) is 0.580. The van der Waals surface area contributed by atoms with Crippen molar-refractivity contribution in [3.63, 3.8) is 0 Å². The Morgan fingerprint density at radius 1 is 1.36 bits per heavy atom. The standard InChI is InChI=1S/C11H16ClNO/c1-3-8(4-2)14-11-9(12)6-5-7-10(11)13/h5-8H,3-4,13H2,1-2H3. The Balaban J connectivity index is 2.84. The zero-order valence-electron chi connectivity index (χ0n) is 8.59.